The number of hydrogen-bond acceptors (Lipinski definition) is 5. The number of nitrogens with one attached hydrogen (secondary N) is 1. The summed E-state index contributed by atoms with van der Waals surface area (Å²) in [5, 5.41) is 4.19. The van der Waals surface area contributed by atoms with E-state index in [2.05, 4.69) is 21.9 Å². The van der Waals surface area contributed by atoms with Crippen LogP contribution in [0.3, 0.4) is 0 Å². The summed E-state index contributed by atoms with van der Waals surface area (Å²) in [7, 11) is 0. The molecule has 0 unspecified atom stereocenters. The number of carbonyl (C=O) groups excluding carboxylic acids is 1. The number of alkyl halides is 3. The van der Waals surface area contributed by atoms with E-state index < -0.39 is 23.2 Å². The van der Waals surface area contributed by atoms with Crippen LogP contribution in [0, 0.1) is 0 Å². The summed E-state index contributed by atoms with van der Waals surface area (Å²) in [5.41, 5.74) is 2.01. The van der Waals surface area contributed by atoms with E-state index in [4.69, 9.17) is 0 Å². The molecule has 1 amide bonds. The molecule has 3 aromatic rings. The number of aromatic nitrogens is 2. The van der Waals surface area contributed by atoms with Crippen LogP contribution >= 0.6 is 11.3 Å². The van der Waals surface area contributed by atoms with E-state index in [1.807, 2.05) is 0 Å². The van der Waals surface area contributed by atoms with E-state index in [1.54, 1.807) is 17.5 Å². The largest absolute Gasteiger partial charge is 0.416 e. The summed E-state index contributed by atoms with van der Waals surface area (Å²) in [4.78, 5) is 32.9. The number of thiazole rings is 1. The van der Waals surface area contributed by atoms with Crippen LogP contribution in [0.25, 0.3) is 11.4 Å². The van der Waals surface area contributed by atoms with Crippen LogP contribution in [-0.2, 0) is 6.18 Å². The SMILES string of the molecule is C=C(C1=NC(n2ccc(NC(=O)c3cscn3)cc2=O)=CC1)c1cccc(C(F)(F)F)c1. The monoisotopic (exact) mass is 456 g/mol. The molecule has 0 saturated heterocycles. The topological polar surface area (TPSA) is 76.3 Å². The number of allylic oxidation sites excluding steroid dienone is 2. The standard InChI is InChI=1S/C22H15F3N4O2S/c1-13(14-3-2-4-15(9-14)22(23,24)25)17-5-6-19(28-17)29-8-7-16(10-20(29)30)27-21(31)18-11-32-12-26-18/h2-4,6-12H,1,5H2,(H,27,31). The second-order valence-electron chi connectivity index (χ2n) is 6.83. The molecule has 0 bridgehead atoms. The molecular weight excluding hydrogens is 441 g/mol. The van der Waals surface area contributed by atoms with E-state index in [-0.39, 0.29) is 5.69 Å². The Morgan fingerprint density at radius 3 is 2.72 bits per heavy atom. The first-order valence-corrected chi connectivity index (χ1v) is 10.2. The molecule has 0 spiro atoms. The maximum atomic E-state index is 13.0. The number of anilines is 1. The van der Waals surface area contributed by atoms with Crippen LogP contribution in [0.15, 0.2) is 75.9 Å². The highest BCUT2D eigenvalue weighted by atomic mass is 32.1. The zero-order valence-electron chi connectivity index (χ0n) is 16.4. The fourth-order valence-corrected chi connectivity index (χ4v) is 3.61. The van der Waals surface area contributed by atoms with Gasteiger partial charge in [0.2, 0.25) is 0 Å². The van der Waals surface area contributed by atoms with Gasteiger partial charge >= 0.3 is 6.18 Å². The van der Waals surface area contributed by atoms with Crippen molar-refractivity contribution in [2.75, 3.05) is 5.32 Å². The normalized spacial score (nSPS) is 13.5. The minimum Gasteiger partial charge on any atom is -0.320 e. The predicted octanol–water partition coefficient (Wildman–Crippen LogP) is 4.93. The van der Waals surface area contributed by atoms with Crippen LogP contribution in [0.2, 0.25) is 0 Å². The Hall–Kier alpha value is -3.79. The van der Waals surface area contributed by atoms with Gasteiger partial charge in [-0.25, -0.2) is 9.98 Å². The fraction of sp³-hybridized carbons (Fsp3) is 0.0909. The second kappa shape index (κ2) is 8.39. The zero-order valence-corrected chi connectivity index (χ0v) is 17.2. The van der Waals surface area contributed by atoms with Crippen LogP contribution in [0.4, 0.5) is 18.9 Å². The highest BCUT2D eigenvalue weighted by Gasteiger charge is 2.30. The van der Waals surface area contributed by atoms with Gasteiger partial charge in [-0.1, -0.05) is 18.7 Å². The Morgan fingerprint density at radius 1 is 1.22 bits per heavy atom. The number of amides is 1. The molecule has 1 aromatic carbocycles. The minimum atomic E-state index is -4.46. The third-order valence-electron chi connectivity index (χ3n) is 4.70. The molecular formula is C22H15F3N4O2S. The van der Waals surface area contributed by atoms with Crippen molar-refractivity contribution in [3.8, 4) is 0 Å². The second-order valence-corrected chi connectivity index (χ2v) is 7.55. The first-order chi connectivity index (χ1) is 15.2. The Balaban J connectivity index is 1.52. The van der Waals surface area contributed by atoms with Crippen molar-refractivity contribution in [1.29, 1.82) is 0 Å². The molecule has 3 heterocycles. The van der Waals surface area contributed by atoms with Crippen LogP contribution in [0.5, 0.6) is 0 Å². The summed E-state index contributed by atoms with van der Waals surface area (Å²) in [6.07, 6.45) is -0.992. The summed E-state index contributed by atoms with van der Waals surface area (Å²) in [5.74, 6) is -0.100. The van der Waals surface area contributed by atoms with Gasteiger partial charge in [0.25, 0.3) is 11.5 Å². The molecule has 162 valence electrons. The van der Waals surface area contributed by atoms with E-state index in [9.17, 15) is 22.8 Å². The summed E-state index contributed by atoms with van der Waals surface area (Å²) in [6.45, 7) is 3.88. The van der Waals surface area contributed by atoms with Gasteiger partial charge in [-0.3, -0.25) is 14.2 Å². The van der Waals surface area contributed by atoms with E-state index in [0.717, 1.165) is 12.1 Å². The van der Waals surface area contributed by atoms with Gasteiger partial charge in [0.05, 0.1) is 16.8 Å². The fourth-order valence-electron chi connectivity index (χ4n) is 3.08. The van der Waals surface area contributed by atoms with Gasteiger partial charge in [-0.2, -0.15) is 13.2 Å². The van der Waals surface area contributed by atoms with Gasteiger partial charge in [0.1, 0.15) is 11.5 Å². The molecule has 10 heteroatoms. The summed E-state index contributed by atoms with van der Waals surface area (Å²) < 4.78 is 40.3. The molecule has 32 heavy (non-hydrogen) atoms. The van der Waals surface area contributed by atoms with E-state index in [1.165, 1.54) is 45.8 Å². The lowest BCUT2D eigenvalue weighted by Crippen LogP contribution is -2.19. The third-order valence-corrected chi connectivity index (χ3v) is 5.29. The number of aliphatic imine (C=N–C) groups is 1. The van der Waals surface area contributed by atoms with Crippen molar-refractivity contribution in [1.82, 2.24) is 9.55 Å². The maximum absolute atomic E-state index is 13.0. The van der Waals surface area contributed by atoms with Gasteiger partial charge in [0.15, 0.2) is 0 Å². The Kier molecular flexibility index (Phi) is 5.62. The van der Waals surface area contributed by atoms with E-state index in [0.29, 0.717) is 34.8 Å². The lowest BCUT2D eigenvalue weighted by molar-refractivity contribution is -0.137. The zero-order chi connectivity index (χ0) is 22.9. The predicted molar refractivity (Wildman–Crippen MR) is 118 cm³/mol. The maximum Gasteiger partial charge on any atom is 0.416 e. The van der Waals surface area contributed by atoms with Crippen molar-refractivity contribution in [2.24, 2.45) is 4.99 Å². The lowest BCUT2D eigenvalue weighted by Gasteiger charge is -2.11. The van der Waals surface area contributed by atoms with Crippen molar-refractivity contribution < 1.29 is 18.0 Å². The molecule has 0 fully saturated rings. The molecule has 1 aliphatic heterocycles. The highest BCUT2D eigenvalue weighted by molar-refractivity contribution is 7.07. The van der Waals surface area contributed by atoms with Crippen LogP contribution in [0.1, 0.15) is 28.0 Å². The quantitative estimate of drug-likeness (QED) is 0.591. The number of carbonyl (C=O) groups is 1. The van der Waals surface area contributed by atoms with Crippen molar-refractivity contribution in [2.45, 2.75) is 12.6 Å². The van der Waals surface area contributed by atoms with Gasteiger partial charge in [-0.05, 0) is 35.4 Å². The summed E-state index contributed by atoms with van der Waals surface area (Å²) in [6, 6.07) is 7.66. The first-order valence-electron chi connectivity index (χ1n) is 9.29. The van der Waals surface area contributed by atoms with Crippen LogP contribution < -0.4 is 10.9 Å². The smallest absolute Gasteiger partial charge is 0.320 e. The minimum absolute atomic E-state index is 0.250. The molecule has 4 rings (SSSR count). The van der Waals surface area contributed by atoms with E-state index >= 15 is 0 Å². The van der Waals surface area contributed by atoms with Gasteiger partial charge < -0.3 is 5.32 Å². The molecule has 0 atom stereocenters. The molecule has 0 radical (unpaired) electrons. The Labute approximate surface area is 184 Å². The molecule has 1 aliphatic rings. The van der Waals surface area contributed by atoms with Gasteiger partial charge in [0, 0.05) is 29.8 Å². The number of rotatable bonds is 5. The molecule has 0 aliphatic carbocycles. The first kappa shape index (κ1) is 21.4. The average Bonchev–Trinajstić information content (AvgIpc) is 3.45. The van der Waals surface area contributed by atoms with Crippen molar-refractivity contribution in [3.05, 3.63) is 93.3 Å². The molecule has 0 saturated carbocycles. The highest BCUT2D eigenvalue weighted by Crippen LogP contribution is 2.32. The molecule has 1 N–H and O–H groups in total. The number of nitrogens with zero attached hydrogens (tertiary/aromatic N) is 3. The Bertz CT molecular complexity index is 1320. The average molecular weight is 456 g/mol. The summed E-state index contributed by atoms with van der Waals surface area (Å²) >= 11 is 1.28. The number of hydrogen-bond donors (Lipinski definition) is 1. The number of benzene rings is 1. The van der Waals surface area contributed by atoms with Crippen molar-refractivity contribution in [3.63, 3.8) is 0 Å². The third kappa shape index (κ3) is 4.45. The van der Waals surface area contributed by atoms with Crippen LogP contribution in [-0.4, -0.2) is 21.2 Å². The number of halogens is 3. The lowest BCUT2D eigenvalue weighted by atomic mass is 9.99. The van der Waals surface area contributed by atoms with Gasteiger partial charge in [-0.15, -0.1) is 11.3 Å². The Morgan fingerprint density at radius 2 is 2.03 bits per heavy atom. The van der Waals surface area contributed by atoms with Crippen molar-refractivity contribution >= 4 is 40.0 Å². The molecule has 2 aromatic heterocycles. The molecule has 6 nitrogen and oxygen atoms in total. The number of pyridine rings is 1.